The van der Waals surface area contributed by atoms with Crippen LogP contribution in [0.3, 0.4) is 0 Å². The summed E-state index contributed by atoms with van der Waals surface area (Å²) in [5, 5.41) is 9.77. The number of carboxylic acids is 1. The van der Waals surface area contributed by atoms with E-state index in [1.54, 1.807) is 18.2 Å². The maximum atomic E-state index is 12.7. The molecule has 2 unspecified atom stereocenters. The number of carbonyl (C=O) groups excluding carboxylic acids is 1. The molecule has 1 aliphatic heterocycles. The van der Waals surface area contributed by atoms with Crippen molar-refractivity contribution < 1.29 is 14.7 Å². The molecule has 0 aliphatic carbocycles. The first kappa shape index (κ1) is 16.2. The van der Waals surface area contributed by atoms with Crippen molar-refractivity contribution in [3.05, 3.63) is 34.3 Å². The SMILES string of the molecule is CCCC1SCC(C(=O)O)N1C(=O)c1ccc(C)c(Cl)c1. The molecule has 1 heterocycles. The Hall–Kier alpha value is -1.20. The van der Waals surface area contributed by atoms with Gasteiger partial charge in [0.1, 0.15) is 6.04 Å². The molecule has 2 rings (SSSR count). The molecular formula is C15H18ClNO3S. The molecule has 1 saturated heterocycles. The van der Waals surface area contributed by atoms with E-state index in [1.165, 1.54) is 16.7 Å². The predicted octanol–water partition coefficient (Wildman–Crippen LogP) is 3.42. The number of hydrogen-bond acceptors (Lipinski definition) is 3. The minimum Gasteiger partial charge on any atom is -0.480 e. The van der Waals surface area contributed by atoms with Gasteiger partial charge in [-0.3, -0.25) is 4.79 Å². The molecule has 1 amide bonds. The molecule has 0 radical (unpaired) electrons. The normalized spacial score (nSPS) is 21.6. The summed E-state index contributed by atoms with van der Waals surface area (Å²) in [5.41, 5.74) is 1.34. The van der Waals surface area contributed by atoms with Crippen LogP contribution in [0, 0.1) is 6.92 Å². The lowest BCUT2D eigenvalue weighted by Crippen LogP contribution is -2.45. The average Bonchev–Trinajstić information content (AvgIpc) is 2.85. The molecule has 0 saturated carbocycles. The molecule has 0 bridgehead atoms. The number of carbonyl (C=O) groups is 2. The van der Waals surface area contributed by atoms with Crippen molar-refractivity contribution in [1.82, 2.24) is 4.90 Å². The molecule has 1 aliphatic rings. The summed E-state index contributed by atoms with van der Waals surface area (Å²) < 4.78 is 0. The summed E-state index contributed by atoms with van der Waals surface area (Å²) >= 11 is 7.60. The third kappa shape index (κ3) is 3.35. The van der Waals surface area contributed by atoms with Crippen LogP contribution in [0.15, 0.2) is 18.2 Å². The fourth-order valence-electron chi connectivity index (χ4n) is 2.37. The zero-order valence-corrected chi connectivity index (χ0v) is 13.6. The third-order valence-corrected chi connectivity index (χ3v) is 5.33. The Balaban J connectivity index is 2.31. The molecule has 1 fully saturated rings. The number of hydrogen-bond donors (Lipinski definition) is 1. The minimum absolute atomic E-state index is 0.0799. The van der Waals surface area contributed by atoms with Crippen molar-refractivity contribution in [3.8, 4) is 0 Å². The van der Waals surface area contributed by atoms with Gasteiger partial charge in [-0.15, -0.1) is 11.8 Å². The quantitative estimate of drug-likeness (QED) is 0.920. The average molecular weight is 328 g/mol. The molecule has 1 aromatic carbocycles. The topological polar surface area (TPSA) is 57.6 Å². The minimum atomic E-state index is -0.951. The smallest absolute Gasteiger partial charge is 0.327 e. The third-order valence-electron chi connectivity index (χ3n) is 3.57. The highest BCUT2D eigenvalue weighted by Gasteiger charge is 2.41. The van der Waals surface area contributed by atoms with Crippen LogP contribution in [0.1, 0.15) is 35.7 Å². The number of aliphatic carboxylic acids is 1. The van der Waals surface area contributed by atoms with E-state index in [0.717, 1.165) is 18.4 Å². The van der Waals surface area contributed by atoms with Crippen LogP contribution in [0.4, 0.5) is 0 Å². The highest BCUT2D eigenvalue weighted by molar-refractivity contribution is 8.00. The van der Waals surface area contributed by atoms with Crippen LogP contribution in [-0.4, -0.2) is 39.1 Å². The van der Waals surface area contributed by atoms with Crippen LogP contribution >= 0.6 is 23.4 Å². The van der Waals surface area contributed by atoms with E-state index in [2.05, 4.69) is 0 Å². The second-order valence-corrected chi connectivity index (χ2v) is 6.73. The van der Waals surface area contributed by atoms with Crippen molar-refractivity contribution in [3.63, 3.8) is 0 Å². The number of amides is 1. The highest BCUT2D eigenvalue weighted by atomic mass is 35.5. The van der Waals surface area contributed by atoms with E-state index in [1.807, 2.05) is 13.8 Å². The Morgan fingerprint density at radius 2 is 2.19 bits per heavy atom. The van der Waals surface area contributed by atoms with E-state index >= 15 is 0 Å². The van der Waals surface area contributed by atoms with Crippen LogP contribution in [0.25, 0.3) is 0 Å². The molecule has 114 valence electrons. The van der Waals surface area contributed by atoms with Gasteiger partial charge in [-0.05, 0) is 31.0 Å². The van der Waals surface area contributed by atoms with Crippen molar-refractivity contribution >= 4 is 35.2 Å². The Bertz CT molecular complexity index is 564. The van der Waals surface area contributed by atoms with E-state index < -0.39 is 12.0 Å². The van der Waals surface area contributed by atoms with Gasteiger partial charge in [0.15, 0.2) is 0 Å². The maximum absolute atomic E-state index is 12.7. The van der Waals surface area contributed by atoms with Crippen LogP contribution < -0.4 is 0 Å². The summed E-state index contributed by atoms with van der Waals surface area (Å²) in [7, 11) is 0. The van der Waals surface area contributed by atoms with Crippen molar-refractivity contribution in [2.24, 2.45) is 0 Å². The van der Waals surface area contributed by atoms with E-state index in [4.69, 9.17) is 11.6 Å². The Labute approximate surface area is 133 Å². The zero-order chi connectivity index (χ0) is 15.6. The van der Waals surface area contributed by atoms with Gasteiger partial charge in [0.2, 0.25) is 0 Å². The van der Waals surface area contributed by atoms with E-state index in [-0.39, 0.29) is 11.3 Å². The van der Waals surface area contributed by atoms with Crippen LogP contribution in [0.5, 0.6) is 0 Å². The zero-order valence-electron chi connectivity index (χ0n) is 12.0. The number of aryl methyl sites for hydroxylation is 1. The summed E-state index contributed by atoms with van der Waals surface area (Å²) in [6.07, 6.45) is 1.70. The van der Waals surface area contributed by atoms with Gasteiger partial charge < -0.3 is 10.0 Å². The second-order valence-electron chi connectivity index (χ2n) is 5.11. The number of rotatable bonds is 4. The largest absolute Gasteiger partial charge is 0.480 e. The lowest BCUT2D eigenvalue weighted by molar-refractivity contribution is -0.141. The van der Waals surface area contributed by atoms with Crippen molar-refractivity contribution in [2.75, 3.05) is 5.75 Å². The fourth-order valence-corrected chi connectivity index (χ4v) is 4.06. The van der Waals surface area contributed by atoms with Crippen molar-refractivity contribution in [2.45, 2.75) is 38.1 Å². The number of thioether (sulfide) groups is 1. The molecule has 21 heavy (non-hydrogen) atoms. The predicted molar refractivity (Wildman–Crippen MR) is 84.9 cm³/mol. The summed E-state index contributed by atoms with van der Waals surface area (Å²) in [5.74, 6) is -0.772. The summed E-state index contributed by atoms with van der Waals surface area (Å²) in [6.45, 7) is 3.89. The van der Waals surface area contributed by atoms with Gasteiger partial charge >= 0.3 is 5.97 Å². The summed E-state index contributed by atoms with van der Waals surface area (Å²) in [6, 6.07) is 4.33. The fraction of sp³-hybridized carbons (Fsp3) is 0.467. The van der Waals surface area contributed by atoms with Gasteiger partial charge in [-0.25, -0.2) is 4.79 Å². The number of halogens is 1. The monoisotopic (exact) mass is 327 g/mol. The molecule has 0 spiro atoms. The molecular weight excluding hydrogens is 310 g/mol. The molecule has 1 N–H and O–H groups in total. The lowest BCUT2D eigenvalue weighted by Gasteiger charge is -2.27. The Morgan fingerprint density at radius 3 is 2.76 bits per heavy atom. The lowest BCUT2D eigenvalue weighted by atomic mass is 10.1. The van der Waals surface area contributed by atoms with Crippen molar-refractivity contribution in [1.29, 1.82) is 0 Å². The molecule has 0 aromatic heterocycles. The molecule has 2 atom stereocenters. The van der Waals surface area contributed by atoms with E-state index in [0.29, 0.717) is 16.3 Å². The Morgan fingerprint density at radius 1 is 1.48 bits per heavy atom. The maximum Gasteiger partial charge on any atom is 0.327 e. The number of benzene rings is 1. The van der Waals surface area contributed by atoms with Crippen LogP contribution in [-0.2, 0) is 4.79 Å². The highest BCUT2D eigenvalue weighted by Crippen LogP contribution is 2.34. The standard InChI is InChI=1S/C15H18ClNO3S/c1-3-4-13-17(12(8-21-13)15(19)20)14(18)10-6-5-9(2)11(16)7-10/h5-7,12-13H,3-4,8H2,1-2H3,(H,19,20). The Kier molecular flexibility index (Phi) is 5.17. The van der Waals surface area contributed by atoms with Gasteiger partial charge in [0.05, 0.1) is 5.37 Å². The first-order valence-electron chi connectivity index (χ1n) is 6.89. The molecule has 4 nitrogen and oxygen atoms in total. The van der Waals surface area contributed by atoms with Gasteiger partial charge in [-0.2, -0.15) is 0 Å². The van der Waals surface area contributed by atoms with Gasteiger partial charge in [-0.1, -0.05) is 31.0 Å². The molecule has 1 aromatic rings. The van der Waals surface area contributed by atoms with Crippen LogP contribution in [0.2, 0.25) is 5.02 Å². The van der Waals surface area contributed by atoms with E-state index in [9.17, 15) is 14.7 Å². The number of carboxylic acid groups (broad SMARTS) is 1. The van der Waals surface area contributed by atoms with Gasteiger partial charge in [0.25, 0.3) is 5.91 Å². The second kappa shape index (κ2) is 6.71. The summed E-state index contributed by atoms with van der Waals surface area (Å²) in [4.78, 5) is 25.6. The number of nitrogens with zero attached hydrogens (tertiary/aromatic N) is 1. The molecule has 6 heteroatoms. The first-order chi connectivity index (χ1) is 9.95. The van der Waals surface area contributed by atoms with Gasteiger partial charge in [0, 0.05) is 16.3 Å². The first-order valence-corrected chi connectivity index (χ1v) is 8.31.